The van der Waals surface area contributed by atoms with Crippen molar-refractivity contribution in [3.63, 3.8) is 0 Å². The molecule has 1 heterocycles. The van der Waals surface area contributed by atoms with Crippen molar-refractivity contribution in [1.29, 1.82) is 0 Å². The predicted molar refractivity (Wildman–Crippen MR) is 92.9 cm³/mol. The topological polar surface area (TPSA) is 75.3 Å². The van der Waals surface area contributed by atoms with Crippen LogP contribution in [0, 0.1) is 12.7 Å². The molecule has 0 bridgehead atoms. The first-order chi connectivity index (χ1) is 11.3. The summed E-state index contributed by atoms with van der Waals surface area (Å²) in [5.74, 6) is 0.0766. The summed E-state index contributed by atoms with van der Waals surface area (Å²) >= 11 is 0. The lowest BCUT2D eigenvalue weighted by molar-refractivity contribution is -0.138. The van der Waals surface area contributed by atoms with Gasteiger partial charge in [0.2, 0.25) is 5.89 Å². The Kier molecular flexibility index (Phi) is 7.58. The van der Waals surface area contributed by atoms with Gasteiger partial charge in [0.25, 0.3) is 0 Å². The van der Waals surface area contributed by atoms with Crippen molar-refractivity contribution in [2.75, 3.05) is 7.05 Å². The molecule has 0 aliphatic carbocycles. The van der Waals surface area contributed by atoms with E-state index in [1.54, 1.807) is 6.92 Å². The van der Waals surface area contributed by atoms with Gasteiger partial charge >= 0.3 is 6.18 Å². The van der Waals surface area contributed by atoms with E-state index in [0.717, 1.165) is 12.1 Å². The van der Waals surface area contributed by atoms with Crippen molar-refractivity contribution < 1.29 is 22.1 Å². The van der Waals surface area contributed by atoms with Gasteiger partial charge in [-0.3, -0.25) is 4.99 Å². The number of aryl methyl sites for hydroxylation is 1. The van der Waals surface area contributed by atoms with Gasteiger partial charge in [-0.25, -0.2) is 4.39 Å². The Bertz CT molecular complexity index is 732. The van der Waals surface area contributed by atoms with Crippen LogP contribution in [0.4, 0.5) is 17.6 Å². The Morgan fingerprint density at radius 1 is 1.24 bits per heavy atom. The maximum absolute atomic E-state index is 13.1. The molecule has 0 unspecified atom stereocenters. The first-order valence-corrected chi connectivity index (χ1v) is 6.89. The van der Waals surface area contributed by atoms with Gasteiger partial charge in [-0.2, -0.15) is 18.2 Å². The average Bonchev–Trinajstić information content (AvgIpc) is 2.93. The monoisotopic (exact) mass is 473 g/mol. The Morgan fingerprint density at radius 3 is 2.48 bits per heavy atom. The van der Waals surface area contributed by atoms with E-state index in [-0.39, 0.29) is 48.6 Å². The van der Waals surface area contributed by atoms with Crippen molar-refractivity contribution in [3.8, 4) is 0 Å². The number of hydrogen-bond acceptors (Lipinski definition) is 4. The van der Waals surface area contributed by atoms with Crippen LogP contribution in [-0.2, 0) is 19.3 Å². The summed E-state index contributed by atoms with van der Waals surface area (Å²) in [7, 11) is 1.46. The van der Waals surface area contributed by atoms with Crippen LogP contribution in [0.15, 0.2) is 27.7 Å². The smallest absolute Gasteiger partial charge is 0.352 e. The van der Waals surface area contributed by atoms with Crippen LogP contribution in [-0.4, -0.2) is 23.1 Å². The minimum atomic E-state index is -4.64. The molecule has 0 saturated heterocycles. The summed E-state index contributed by atoms with van der Waals surface area (Å²) < 4.78 is 56.8. The number of halogens is 5. The molecule has 11 heteroatoms. The highest BCUT2D eigenvalue weighted by Gasteiger charge is 2.33. The van der Waals surface area contributed by atoms with Crippen molar-refractivity contribution in [3.05, 3.63) is 46.9 Å². The molecule has 2 aromatic rings. The molecule has 138 valence electrons. The average molecular weight is 473 g/mol. The summed E-state index contributed by atoms with van der Waals surface area (Å²) in [6.07, 6.45) is -4.64. The highest BCUT2D eigenvalue weighted by Crippen LogP contribution is 2.32. The zero-order valence-corrected chi connectivity index (χ0v) is 15.6. The maximum Gasteiger partial charge on any atom is 0.416 e. The molecule has 0 radical (unpaired) electrons. The van der Waals surface area contributed by atoms with Crippen LogP contribution < -0.4 is 10.6 Å². The zero-order valence-electron chi connectivity index (χ0n) is 13.3. The van der Waals surface area contributed by atoms with Crippen LogP contribution in [0.1, 0.15) is 22.8 Å². The number of aliphatic imine (C=N–C) groups is 1. The molecule has 1 aromatic carbocycles. The van der Waals surface area contributed by atoms with Crippen LogP contribution in [0.3, 0.4) is 0 Å². The SMILES string of the molecule is CN=C(NCc1nc(C)no1)NCc1ccc(F)cc1C(F)(F)F.I. The van der Waals surface area contributed by atoms with E-state index in [2.05, 4.69) is 25.8 Å². The predicted octanol–water partition coefficient (Wildman–Crippen LogP) is 3.02. The van der Waals surface area contributed by atoms with E-state index >= 15 is 0 Å². The van der Waals surface area contributed by atoms with Gasteiger partial charge in [0.15, 0.2) is 11.8 Å². The third-order valence-corrected chi connectivity index (χ3v) is 3.02. The molecule has 0 fully saturated rings. The highest BCUT2D eigenvalue weighted by molar-refractivity contribution is 14.0. The second-order valence-electron chi connectivity index (χ2n) is 4.81. The van der Waals surface area contributed by atoms with E-state index in [1.165, 1.54) is 7.05 Å². The normalized spacial score (nSPS) is 11.8. The van der Waals surface area contributed by atoms with Gasteiger partial charge < -0.3 is 15.2 Å². The van der Waals surface area contributed by atoms with Crippen LogP contribution in [0.25, 0.3) is 0 Å². The minimum absolute atomic E-state index is 0. The molecule has 0 atom stereocenters. The lowest BCUT2D eigenvalue weighted by Crippen LogP contribution is -2.36. The van der Waals surface area contributed by atoms with Gasteiger partial charge in [-0.15, -0.1) is 24.0 Å². The van der Waals surface area contributed by atoms with Crippen LogP contribution >= 0.6 is 24.0 Å². The summed E-state index contributed by atoms with van der Waals surface area (Å²) in [5.41, 5.74) is -1.13. The number of alkyl halides is 3. The maximum atomic E-state index is 13.1. The quantitative estimate of drug-likeness (QED) is 0.309. The number of rotatable bonds is 4. The third kappa shape index (κ3) is 6.14. The molecular weight excluding hydrogens is 457 g/mol. The molecule has 2 rings (SSSR count). The first kappa shape index (κ1) is 21.1. The van der Waals surface area contributed by atoms with Gasteiger partial charge in [-0.1, -0.05) is 11.2 Å². The minimum Gasteiger partial charge on any atom is -0.352 e. The Labute approximate surface area is 158 Å². The Balaban J connectivity index is 0.00000312. The standard InChI is InChI=1S/C14H15F4N5O.HI/c1-8-22-12(24-23-8)7-21-13(19-2)20-6-9-3-4-10(15)5-11(9)14(16,17)18;/h3-5H,6-7H2,1-2H3,(H2,19,20,21);1H. The fourth-order valence-corrected chi connectivity index (χ4v) is 1.94. The number of guanidine groups is 1. The van der Waals surface area contributed by atoms with E-state index in [1.807, 2.05) is 0 Å². The largest absolute Gasteiger partial charge is 0.416 e. The third-order valence-electron chi connectivity index (χ3n) is 3.02. The fourth-order valence-electron chi connectivity index (χ4n) is 1.94. The number of hydrogen-bond donors (Lipinski definition) is 2. The number of benzene rings is 1. The molecule has 0 aliphatic rings. The molecule has 0 spiro atoms. The van der Waals surface area contributed by atoms with Crippen molar-refractivity contribution >= 4 is 29.9 Å². The zero-order chi connectivity index (χ0) is 17.7. The van der Waals surface area contributed by atoms with Gasteiger partial charge in [0.1, 0.15) is 5.82 Å². The van der Waals surface area contributed by atoms with Gasteiger partial charge in [-0.05, 0) is 24.6 Å². The molecular formula is C14H16F4IN5O. The van der Waals surface area contributed by atoms with Gasteiger partial charge in [0, 0.05) is 13.6 Å². The summed E-state index contributed by atoms with van der Waals surface area (Å²) in [5, 5.41) is 9.16. The lowest BCUT2D eigenvalue weighted by atomic mass is 10.1. The van der Waals surface area contributed by atoms with Crippen LogP contribution in [0.2, 0.25) is 0 Å². The van der Waals surface area contributed by atoms with E-state index < -0.39 is 17.6 Å². The molecule has 6 nitrogen and oxygen atoms in total. The number of nitrogens with one attached hydrogen (secondary N) is 2. The fraction of sp³-hybridized carbons (Fsp3) is 0.357. The molecule has 0 saturated carbocycles. The molecule has 0 amide bonds. The van der Waals surface area contributed by atoms with Crippen molar-refractivity contribution in [1.82, 2.24) is 20.8 Å². The highest BCUT2D eigenvalue weighted by atomic mass is 127. The Hall–Kier alpha value is -1.92. The second kappa shape index (κ2) is 8.97. The first-order valence-electron chi connectivity index (χ1n) is 6.89. The van der Waals surface area contributed by atoms with Gasteiger partial charge in [0.05, 0.1) is 12.1 Å². The van der Waals surface area contributed by atoms with Crippen LogP contribution in [0.5, 0.6) is 0 Å². The van der Waals surface area contributed by atoms with E-state index in [0.29, 0.717) is 17.8 Å². The molecule has 25 heavy (non-hydrogen) atoms. The lowest BCUT2D eigenvalue weighted by Gasteiger charge is -2.15. The summed E-state index contributed by atoms with van der Waals surface area (Å²) in [6.45, 7) is 1.64. The number of nitrogens with zero attached hydrogens (tertiary/aromatic N) is 3. The summed E-state index contributed by atoms with van der Waals surface area (Å²) in [4.78, 5) is 7.86. The van der Waals surface area contributed by atoms with Crippen molar-refractivity contribution in [2.45, 2.75) is 26.2 Å². The van der Waals surface area contributed by atoms with E-state index in [4.69, 9.17) is 4.52 Å². The molecule has 0 aliphatic heterocycles. The summed E-state index contributed by atoms with van der Waals surface area (Å²) in [6, 6.07) is 2.53. The number of aromatic nitrogens is 2. The molecule has 1 aromatic heterocycles. The Morgan fingerprint density at radius 2 is 1.92 bits per heavy atom. The molecule has 2 N–H and O–H groups in total. The second-order valence-corrected chi connectivity index (χ2v) is 4.81. The van der Waals surface area contributed by atoms with Crippen molar-refractivity contribution in [2.24, 2.45) is 4.99 Å². The van der Waals surface area contributed by atoms with E-state index in [9.17, 15) is 17.6 Å².